The molecule has 1 N–H and O–H groups in total. The Labute approximate surface area is 206 Å². The SMILES string of the molecule is C=CCOC[C@@H](O)CN(CCOC)Cc1c(CC)nn(-c2ccccc2)c1Oc1ccc(F)cc1. The van der Waals surface area contributed by atoms with Crippen molar-refractivity contribution in [3.8, 4) is 17.3 Å². The molecule has 1 atom stereocenters. The third-order valence-electron chi connectivity index (χ3n) is 5.39. The predicted molar refractivity (Wildman–Crippen MR) is 134 cm³/mol. The number of halogens is 1. The van der Waals surface area contributed by atoms with Gasteiger partial charge in [-0.25, -0.2) is 9.07 Å². The quantitative estimate of drug-likeness (QED) is 0.256. The molecule has 0 aliphatic carbocycles. The second kappa shape index (κ2) is 13.7. The highest BCUT2D eigenvalue weighted by molar-refractivity contribution is 5.43. The lowest BCUT2D eigenvalue weighted by atomic mass is 10.1. The Bertz CT molecular complexity index is 1040. The molecule has 7 nitrogen and oxygen atoms in total. The van der Waals surface area contributed by atoms with Gasteiger partial charge in [0.05, 0.1) is 42.9 Å². The highest BCUT2D eigenvalue weighted by Crippen LogP contribution is 2.32. The Morgan fingerprint density at radius 2 is 1.91 bits per heavy atom. The number of aryl methyl sites for hydroxylation is 1. The first kappa shape index (κ1) is 26.6. The van der Waals surface area contributed by atoms with E-state index in [1.54, 1.807) is 30.0 Å². The summed E-state index contributed by atoms with van der Waals surface area (Å²) in [7, 11) is 1.65. The van der Waals surface area contributed by atoms with Crippen LogP contribution in [-0.2, 0) is 22.4 Å². The third kappa shape index (κ3) is 7.73. The standard InChI is InChI=1S/C27H34FN3O4/c1-4-16-34-20-23(32)18-30(15-17-33-3)19-25-26(5-2)29-31(22-9-7-6-8-10-22)27(25)35-24-13-11-21(28)12-14-24/h4,6-14,23,32H,1,5,15-20H2,2-3H3/t23-/m0/s1. The van der Waals surface area contributed by atoms with Crippen LogP contribution < -0.4 is 4.74 Å². The molecule has 3 rings (SSSR count). The zero-order chi connectivity index (χ0) is 25.0. The maximum atomic E-state index is 13.5. The van der Waals surface area contributed by atoms with Crippen LogP contribution in [0.1, 0.15) is 18.2 Å². The second-order valence-electron chi connectivity index (χ2n) is 8.10. The van der Waals surface area contributed by atoms with Crippen LogP contribution in [0.3, 0.4) is 0 Å². The number of rotatable bonds is 15. The number of hydrogen-bond acceptors (Lipinski definition) is 6. The smallest absolute Gasteiger partial charge is 0.227 e. The molecule has 3 aromatic rings. The van der Waals surface area contributed by atoms with E-state index < -0.39 is 6.10 Å². The number of para-hydroxylation sites is 1. The Morgan fingerprint density at radius 3 is 2.57 bits per heavy atom. The van der Waals surface area contributed by atoms with Gasteiger partial charge >= 0.3 is 0 Å². The van der Waals surface area contributed by atoms with Crippen molar-refractivity contribution < 1.29 is 23.7 Å². The lowest BCUT2D eigenvalue weighted by molar-refractivity contribution is 0.0192. The van der Waals surface area contributed by atoms with Crippen molar-refractivity contribution in [2.45, 2.75) is 26.0 Å². The minimum absolute atomic E-state index is 0.207. The van der Waals surface area contributed by atoms with E-state index >= 15 is 0 Å². The van der Waals surface area contributed by atoms with Crippen molar-refractivity contribution in [1.29, 1.82) is 0 Å². The third-order valence-corrected chi connectivity index (χ3v) is 5.39. The molecule has 2 aromatic carbocycles. The molecular weight excluding hydrogens is 449 g/mol. The molecule has 0 radical (unpaired) electrons. The number of methoxy groups -OCH3 is 1. The van der Waals surface area contributed by atoms with E-state index in [-0.39, 0.29) is 12.4 Å². The van der Waals surface area contributed by atoms with Gasteiger partial charge in [-0.1, -0.05) is 31.2 Å². The fourth-order valence-corrected chi connectivity index (χ4v) is 3.70. The van der Waals surface area contributed by atoms with Gasteiger partial charge < -0.3 is 19.3 Å². The summed E-state index contributed by atoms with van der Waals surface area (Å²) < 4.78 is 32.3. The number of nitrogens with zero attached hydrogens (tertiary/aromatic N) is 3. The molecule has 0 spiro atoms. The largest absolute Gasteiger partial charge is 0.439 e. The topological polar surface area (TPSA) is 69.0 Å². The van der Waals surface area contributed by atoms with E-state index in [1.165, 1.54) is 12.1 Å². The average molecular weight is 484 g/mol. The van der Waals surface area contributed by atoms with Crippen LogP contribution >= 0.6 is 0 Å². The van der Waals surface area contributed by atoms with E-state index in [0.29, 0.717) is 50.9 Å². The predicted octanol–water partition coefficient (Wildman–Crippen LogP) is 4.38. The molecule has 1 aromatic heterocycles. The lowest BCUT2D eigenvalue weighted by Crippen LogP contribution is -2.36. The summed E-state index contributed by atoms with van der Waals surface area (Å²) in [6.45, 7) is 8.23. The molecule has 0 aliphatic rings. The van der Waals surface area contributed by atoms with E-state index in [9.17, 15) is 9.50 Å². The Kier molecular flexibility index (Phi) is 10.4. The summed E-state index contributed by atoms with van der Waals surface area (Å²) in [4.78, 5) is 2.09. The summed E-state index contributed by atoms with van der Waals surface area (Å²) in [5.74, 6) is 0.731. The maximum Gasteiger partial charge on any atom is 0.227 e. The van der Waals surface area contributed by atoms with Crippen molar-refractivity contribution in [1.82, 2.24) is 14.7 Å². The van der Waals surface area contributed by atoms with Crippen LogP contribution in [0, 0.1) is 5.82 Å². The fraction of sp³-hybridized carbons (Fsp3) is 0.370. The summed E-state index contributed by atoms with van der Waals surface area (Å²) in [6, 6.07) is 15.6. The van der Waals surface area contributed by atoms with Crippen LogP contribution in [0.25, 0.3) is 5.69 Å². The normalized spacial score (nSPS) is 12.1. The van der Waals surface area contributed by atoms with E-state index in [4.69, 9.17) is 19.3 Å². The summed E-state index contributed by atoms with van der Waals surface area (Å²) in [5.41, 5.74) is 2.63. The maximum absolute atomic E-state index is 13.5. The van der Waals surface area contributed by atoms with Crippen LogP contribution in [0.4, 0.5) is 4.39 Å². The first-order valence-corrected chi connectivity index (χ1v) is 11.7. The Balaban J connectivity index is 1.96. The summed E-state index contributed by atoms with van der Waals surface area (Å²) in [5, 5.41) is 15.4. The molecule has 0 bridgehead atoms. The number of aliphatic hydroxyl groups is 1. The highest BCUT2D eigenvalue weighted by Gasteiger charge is 2.23. The van der Waals surface area contributed by atoms with Gasteiger partial charge in [0.2, 0.25) is 5.88 Å². The second-order valence-corrected chi connectivity index (χ2v) is 8.10. The number of hydrogen-bond donors (Lipinski definition) is 1. The highest BCUT2D eigenvalue weighted by atomic mass is 19.1. The Hall–Kier alpha value is -3.04. The molecule has 1 heterocycles. The van der Waals surface area contributed by atoms with Gasteiger partial charge in [0.15, 0.2) is 0 Å². The van der Waals surface area contributed by atoms with E-state index in [0.717, 1.165) is 16.9 Å². The zero-order valence-corrected chi connectivity index (χ0v) is 20.4. The van der Waals surface area contributed by atoms with Gasteiger partial charge in [0.1, 0.15) is 11.6 Å². The minimum atomic E-state index is -0.678. The van der Waals surface area contributed by atoms with Crippen LogP contribution in [0.2, 0.25) is 0 Å². The van der Waals surface area contributed by atoms with Crippen LogP contribution in [0.5, 0.6) is 11.6 Å². The summed E-state index contributed by atoms with van der Waals surface area (Å²) >= 11 is 0. The summed E-state index contributed by atoms with van der Waals surface area (Å²) in [6.07, 6.45) is 1.67. The minimum Gasteiger partial charge on any atom is -0.439 e. The van der Waals surface area contributed by atoms with Gasteiger partial charge in [0.25, 0.3) is 0 Å². The number of ether oxygens (including phenoxy) is 3. The number of benzene rings is 2. The monoisotopic (exact) mass is 483 g/mol. The molecule has 0 saturated heterocycles. The van der Waals surface area contributed by atoms with Gasteiger partial charge in [-0.2, -0.15) is 5.10 Å². The van der Waals surface area contributed by atoms with Crippen molar-refractivity contribution in [2.24, 2.45) is 0 Å². The molecular formula is C27H34FN3O4. The van der Waals surface area contributed by atoms with Crippen molar-refractivity contribution >= 4 is 0 Å². The number of aliphatic hydroxyl groups excluding tert-OH is 1. The van der Waals surface area contributed by atoms with Gasteiger partial charge in [0, 0.05) is 26.7 Å². The first-order valence-electron chi connectivity index (χ1n) is 11.7. The molecule has 0 aliphatic heterocycles. The molecule has 188 valence electrons. The molecule has 0 saturated carbocycles. The van der Waals surface area contributed by atoms with E-state index in [2.05, 4.69) is 11.5 Å². The van der Waals surface area contributed by atoms with E-state index in [1.807, 2.05) is 37.3 Å². The molecule has 0 amide bonds. The van der Waals surface area contributed by atoms with Gasteiger partial charge in [-0.3, -0.25) is 4.90 Å². The van der Waals surface area contributed by atoms with Crippen LogP contribution in [-0.4, -0.2) is 65.9 Å². The van der Waals surface area contributed by atoms with Crippen LogP contribution in [0.15, 0.2) is 67.3 Å². The number of aromatic nitrogens is 2. The van der Waals surface area contributed by atoms with Crippen molar-refractivity contribution in [3.63, 3.8) is 0 Å². The Morgan fingerprint density at radius 1 is 1.17 bits per heavy atom. The van der Waals surface area contributed by atoms with Gasteiger partial charge in [-0.05, 0) is 42.8 Å². The molecule has 35 heavy (non-hydrogen) atoms. The molecule has 0 fully saturated rings. The van der Waals surface area contributed by atoms with Crippen molar-refractivity contribution in [2.75, 3.05) is 40.0 Å². The molecule has 8 heteroatoms. The fourth-order valence-electron chi connectivity index (χ4n) is 3.70. The van der Waals surface area contributed by atoms with Crippen molar-refractivity contribution in [3.05, 3.63) is 84.3 Å². The van der Waals surface area contributed by atoms with Gasteiger partial charge in [-0.15, -0.1) is 6.58 Å². The lowest BCUT2D eigenvalue weighted by Gasteiger charge is -2.25. The molecule has 0 unspecified atom stereocenters. The first-order chi connectivity index (χ1) is 17.0. The average Bonchev–Trinajstić information content (AvgIpc) is 3.21. The zero-order valence-electron chi connectivity index (χ0n) is 20.4.